The van der Waals surface area contributed by atoms with Gasteiger partial charge in [-0.1, -0.05) is 84.9 Å². The van der Waals surface area contributed by atoms with Crippen molar-refractivity contribution in [2.45, 2.75) is 24.6 Å². The predicted molar refractivity (Wildman–Crippen MR) is 96.9 cm³/mol. The molecule has 0 aliphatic heterocycles. The fourth-order valence-electron chi connectivity index (χ4n) is 3.02. The molecule has 3 rings (SSSR count). The first-order valence-electron chi connectivity index (χ1n) is 8.62. The van der Waals surface area contributed by atoms with Gasteiger partial charge in [0.25, 0.3) is 5.60 Å². The van der Waals surface area contributed by atoms with Gasteiger partial charge in [-0.05, 0) is 16.7 Å². The van der Waals surface area contributed by atoms with E-state index >= 15 is 0 Å². The minimum Gasteiger partial charge on any atom is -0.349 e. The largest absolute Gasteiger partial charge is 0.430 e. The van der Waals surface area contributed by atoms with Crippen LogP contribution in [0.2, 0.25) is 0 Å². The molecule has 29 heavy (non-hydrogen) atoms. The summed E-state index contributed by atoms with van der Waals surface area (Å²) in [5.74, 6) is 0. The van der Waals surface area contributed by atoms with Crippen molar-refractivity contribution in [2.75, 3.05) is 0 Å². The Labute approximate surface area is 163 Å². The van der Waals surface area contributed by atoms with Crippen LogP contribution in [-0.2, 0) is 16.9 Å². The van der Waals surface area contributed by atoms with Gasteiger partial charge in [-0.2, -0.15) is 26.3 Å². The smallest absolute Gasteiger partial charge is 0.349 e. The van der Waals surface area contributed by atoms with E-state index in [-0.39, 0.29) is 5.56 Å². The summed E-state index contributed by atoms with van der Waals surface area (Å²) in [5, 5.41) is 0. The molecule has 0 saturated heterocycles. The first-order valence-corrected chi connectivity index (χ1v) is 8.62. The molecule has 1 nitrogen and oxygen atoms in total. The number of hydrogen-bond donors (Lipinski definition) is 0. The van der Waals surface area contributed by atoms with Gasteiger partial charge in [0.05, 0.1) is 6.61 Å². The van der Waals surface area contributed by atoms with Gasteiger partial charge >= 0.3 is 12.4 Å². The van der Waals surface area contributed by atoms with Gasteiger partial charge in [-0.25, -0.2) is 0 Å². The summed E-state index contributed by atoms with van der Waals surface area (Å²) in [5.41, 5.74) is -3.57. The van der Waals surface area contributed by atoms with Gasteiger partial charge in [0.15, 0.2) is 0 Å². The van der Waals surface area contributed by atoms with E-state index in [4.69, 9.17) is 0 Å². The van der Waals surface area contributed by atoms with Crippen LogP contribution in [0.3, 0.4) is 0 Å². The third kappa shape index (κ3) is 4.15. The number of ether oxygens (including phenoxy) is 1. The maximum Gasteiger partial charge on any atom is 0.430 e. The predicted octanol–water partition coefficient (Wildman–Crippen LogP) is 6.89. The summed E-state index contributed by atoms with van der Waals surface area (Å²) < 4.78 is 86.8. The van der Waals surface area contributed by atoms with Crippen LogP contribution < -0.4 is 0 Å². The van der Waals surface area contributed by atoms with Gasteiger partial charge in [0, 0.05) is 5.56 Å². The van der Waals surface area contributed by atoms with E-state index in [1.807, 2.05) is 30.3 Å². The van der Waals surface area contributed by atoms with Gasteiger partial charge in [-0.3, -0.25) is 0 Å². The minimum atomic E-state index is -5.70. The Balaban J connectivity index is 1.91. The van der Waals surface area contributed by atoms with Crippen molar-refractivity contribution in [3.63, 3.8) is 0 Å². The molecular formula is C22H16F6O. The standard InChI is InChI=1S/C22H16F6O/c23-21(24,25)20(22(26,27)28,19-9-5-2-6-10-19)29-15-16-11-13-18(14-12-16)17-7-3-1-4-8-17/h1-14H,15H2. The molecule has 0 spiro atoms. The Morgan fingerprint density at radius 1 is 0.552 bits per heavy atom. The van der Waals surface area contributed by atoms with Gasteiger partial charge < -0.3 is 4.74 Å². The van der Waals surface area contributed by atoms with Crippen molar-refractivity contribution >= 4 is 0 Å². The Morgan fingerprint density at radius 3 is 1.48 bits per heavy atom. The van der Waals surface area contributed by atoms with Crippen LogP contribution in [0.25, 0.3) is 11.1 Å². The van der Waals surface area contributed by atoms with Crippen molar-refractivity contribution in [2.24, 2.45) is 0 Å². The summed E-state index contributed by atoms with van der Waals surface area (Å²) in [4.78, 5) is 0. The fourth-order valence-corrected chi connectivity index (χ4v) is 3.02. The normalized spacial score (nSPS) is 12.8. The first-order chi connectivity index (χ1) is 13.6. The summed E-state index contributed by atoms with van der Waals surface area (Å²) in [7, 11) is 0. The van der Waals surface area contributed by atoms with Crippen LogP contribution in [0, 0.1) is 0 Å². The number of rotatable bonds is 5. The van der Waals surface area contributed by atoms with Crippen molar-refractivity contribution < 1.29 is 31.1 Å². The van der Waals surface area contributed by atoms with E-state index in [2.05, 4.69) is 4.74 Å². The molecule has 0 aromatic heterocycles. The molecule has 0 N–H and O–H groups in total. The summed E-state index contributed by atoms with van der Waals surface area (Å²) in [6.45, 7) is -0.858. The van der Waals surface area contributed by atoms with Gasteiger partial charge in [0.1, 0.15) is 0 Å². The topological polar surface area (TPSA) is 9.23 Å². The lowest BCUT2D eigenvalue weighted by Gasteiger charge is -2.37. The zero-order chi connectivity index (χ0) is 21.1. The molecule has 152 valence electrons. The van der Waals surface area contributed by atoms with Gasteiger partial charge in [-0.15, -0.1) is 0 Å². The lowest BCUT2D eigenvalue weighted by molar-refractivity contribution is -0.392. The molecule has 7 heteroatoms. The number of alkyl halides is 6. The van der Waals surface area contributed by atoms with Crippen molar-refractivity contribution in [1.82, 2.24) is 0 Å². The maximum absolute atomic E-state index is 13.7. The van der Waals surface area contributed by atoms with E-state index < -0.39 is 30.1 Å². The third-order valence-corrected chi connectivity index (χ3v) is 4.50. The Hall–Kier alpha value is -2.80. The second kappa shape index (κ2) is 7.91. The van der Waals surface area contributed by atoms with Crippen LogP contribution in [-0.4, -0.2) is 12.4 Å². The average molecular weight is 410 g/mol. The maximum atomic E-state index is 13.7. The van der Waals surface area contributed by atoms with E-state index in [9.17, 15) is 26.3 Å². The highest BCUT2D eigenvalue weighted by Gasteiger charge is 2.73. The summed E-state index contributed by atoms with van der Waals surface area (Å²) >= 11 is 0. The molecule has 0 aliphatic rings. The Bertz CT molecular complexity index is 902. The SMILES string of the molecule is FC(F)(F)C(OCc1ccc(-c2ccccc2)cc1)(c1ccccc1)C(F)(F)F. The molecular weight excluding hydrogens is 394 g/mol. The fraction of sp³-hybridized carbons (Fsp3) is 0.182. The Morgan fingerprint density at radius 2 is 1.00 bits per heavy atom. The number of halogens is 6. The lowest BCUT2D eigenvalue weighted by atomic mass is 9.91. The minimum absolute atomic E-state index is 0.193. The van der Waals surface area contributed by atoms with E-state index in [1.54, 1.807) is 12.1 Å². The number of hydrogen-bond acceptors (Lipinski definition) is 1. The van der Waals surface area contributed by atoms with Crippen LogP contribution in [0.5, 0.6) is 0 Å². The molecule has 0 radical (unpaired) electrons. The zero-order valence-electron chi connectivity index (χ0n) is 15.0. The van der Waals surface area contributed by atoms with Crippen LogP contribution in [0.15, 0.2) is 84.9 Å². The molecule has 0 bridgehead atoms. The highest BCUT2D eigenvalue weighted by atomic mass is 19.4. The monoisotopic (exact) mass is 410 g/mol. The third-order valence-electron chi connectivity index (χ3n) is 4.50. The van der Waals surface area contributed by atoms with Crippen molar-refractivity contribution in [1.29, 1.82) is 0 Å². The average Bonchev–Trinajstić information content (AvgIpc) is 2.68. The summed E-state index contributed by atoms with van der Waals surface area (Å²) in [6.07, 6.45) is -11.4. The van der Waals surface area contributed by atoms with Crippen molar-refractivity contribution in [3.05, 3.63) is 96.1 Å². The van der Waals surface area contributed by atoms with Crippen molar-refractivity contribution in [3.8, 4) is 11.1 Å². The summed E-state index contributed by atoms with van der Waals surface area (Å²) in [6, 6.07) is 20.4. The second-order valence-corrected chi connectivity index (χ2v) is 6.39. The quantitative estimate of drug-likeness (QED) is 0.416. The van der Waals surface area contributed by atoms with E-state index in [0.29, 0.717) is 0 Å². The van der Waals surface area contributed by atoms with E-state index in [1.165, 1.54) is 18.2 Å². The Kier molecular flexibility index (Phi) is 5.71. The molecule has 0 amide bonds. The molecule has 0 aliphatic carbocycles. The number of benzene rings is 3. The molecule has 3 aromatic rings. The molecule has 3 aromatic carbocycles. The first kappa shape index (κ1) is 20.9. The molecule has 0 heterocycles. The van der Waals surface area contributed by atoms with Crippen LogP contribution >= 0.6 is 0 Å². The molecule has 0 saturated carbocycles. The van der Waals surface area contributed by atoms with E-state index in [0.717, 1.165) is 35.4 Å². The highest BCUT2D eigenvalue weighted by molar-refractivity contribution is 5.63. The second-order valence-electron chi connectivity index (χ2n) is 6.39. The molecule has 0 unspecified atom stereocenters. The van der Waals surface area contributed by atoms with Gasteiger partial charge in [0.2, 0.25) is 0 Å². The molecule has 0 fully saturated rings. The highest BCUT2D eigenvalue weighted by Crippen LogP contribution is 2.53. The zero-order valence-corrected chi connectivity index (χ0v) is 15.0. The van der Waals surface area contributed by atoms with Crippen LogP contribution in [0.1, 0.15) is 11.1 Å². The lowest BCUT2D eigenvalue weighted by Crippen LogP contribution is -2.55. The molecule has 0 atom stereocenters. The van der Waals surface area contributed by atoms with Crippen LogP contribution in [0.4, 0.5) is 26.3 Å².